The molecule has 9 heavy (non-hydrogen) atoms. The predicted octanol–water partition coefficient (Wildman–Crippen LogP) is -0.0697. The van der Waals surface area contributed by atoms with Gasteiger partial charge in [-0.2, -0.15) is 0 Å². The van der Waals surface area contributed by atoms with Gasteiger partial charge in [0.1, 0.15) is 6.10 Å². The molecule has 3 heteroatoms. The third-order valence-corrected chi connectivity index (χ3v) is 1.64. The average Bonchev–Trinajstić information content (AvgIpc) is 2.10. The van der Waals surface area contributed by atoms with Crippen molar-refractivity contribution >= 4 is 5.97 Å². The second-order valence-corrected chi connectivity index (χ2v) is 2.34. The van der Waals surface area contributed by atoms with Gasteiger partial charge in [-0.05, 0) is 6.92 Å². The first kappa shape index (κ1) is 6.55. The van der Waals surface area contributed by atoms with Crippen LogP contribution in [0.25, 0.3) is 0 Å². The van der Waals surface area contributed by atoms with E-state index >= 15 is 0 Å². The fourth-order valence-electron chi connectivity index (χ4n) is 0.945. The second kappa shape index (κ2) is 2.35. The first-order valence-electron chi connectivity index (χ1n) is 3.04. The number of aliphatic hydroxyl groups excluding tert-OH is 1. The molecule has 2 atom stereocenters. The van der Waals surface area contributed by atoms with Crippen molar-refractivity contribution in [2.45, 2.75) is 19.4 Å². The standard InChI is InChI=1S/C6H10O3/c1-4-5(3-7)2-6(8)9-4/h4-5,7H,2-3H2,1H3/t4-,5+/m1/s1. The Balaban J connectivity index is 2.47. The topological polar surface area (TPSA) is 46.5 Å². The number of carbonyl (C=O) groups is 1. The molecule has 0 radical (unpaired) electrons. The van der Waals surface area contributed by atoms with Gasteiger partial charge in [0, 0.05) is 12.5 Å². The minimum Gasteiger partial charge on any atom is -0.462 e. The maximum atomic E-state index is 10.5. The molecule has 1 heterocycles. The van der Waals surface area contributed by atoms with Crippen molar-refractivity contribution in [1.29, 1.82) is 0 Å². The Labute approximate surface area is 53.6 Å². The van der Waals surface area contributed by atoms with Gasteiger partial charge in [-0.25, -0.2) is 0 Å². The van der Waals surface area contributed by atoms with Gasteiger partial charge in [-0.3, -0.25) is 4.79 Å². The molecule has 1 fully saturated rings. The van der Waals surface area contributed by atoms with Gasteiger partial charge in [0.05, 0.1) is 6.42 Å². The fraction of sp³-hybridized carbons (Fsp3) is 0.833. The average molecular weight is 130 g/mol. The minimum absolute atomic E-state index is 0.0255. The Kier molecular flexibility index (Phi) is 1.71. The van der Waals surface area contributed by atoms with Crippen molar-refractivity contribution in [2.24, 2.45) is 5.92 Å². The van der Waals surface area contributed by atoms with Crippen LogP contribution in [0, 0.1) is 5.92 Å². The van der Waals surface area contributed by atoms with E-state index in [4.69, 9.17) is 9.84 Å². The zero-order chi connectivity index (χ0) is 6.85. The van der Waals surface area contributed by atoms with Gasteiger partial charge in [-0.1, -0.05) is 0 Å². The zero-order valence-electron chi connectivity index (χ0n) is 5.33. The summed E-state index contributed by atoms with van der Waals surface area (Å²) >= 11 is 0. The molecule has 1 aliphatic heterocycles. The molecule has 0 saturated carbocycles. The lowest BCUT2D eigenvalue weighted by atomic mass is 10.0. The van der Waals surface area contributed by atoms with Crippen molar-refractivity contribution in [3.8, 4) is 0 Å². The number of rotatable bonds is 1. The Morgan fingerprint density at radius 2 is 2.56 bits per heavy atom. The number of cyclic esters (lactones) is 1. The van der Waals surface area contributed by atoms with Gasteiger partial charge in [0.2, 0.25) is 0 Å². The highest BCUT2D eigenvalue weighted by Crippen LogP contribution is 2.20. The van der Waals surface area contributed by atoms with Crippen LogP contribution in [0.3, 0.4) is 0 Å². The van der Waals surface area contributed by atoms with Crippen LogP contribution < -0.4 is 0 Å². The van der Waals surface area contributed by atoms with Gasteiger partial charge >= 0.3 is 5.97 Å². The van der Waals surface area contributed by atoms with Crippen LogP contribution in [0.15, 0.2) is 0 Å². The van der Waals surface area contributed by atoms with E-state index in [2.05, 4.69) is 0 Å². The van der Waals surface area contributed by atoms with Crippen LogP contribution in [-0.2, 0) is 9.53 Å². The smallest absolute Gasteiger partial charge is 0.306 e. The van der Waals surface area contributed by atoms with Crippen molar-refractivity contribution in [1.82, 2.24) is 0 Å². The summed E-state index contributed by atoms with van der Waals surface area (Å²) in [6.07, 6.45) is 0.278. The quantitative estimate of drug-likeness (QED) is 0.505. The third kappa shape index (κ3) is 1.21. The van der Waals surface area contributed by atoms with Crippen LogP contribution in [0.4, 0.5) is 0 Å². The van der Waals surface area contributed by atoms with E-state index in [1.54, 1.807) is 6.92 Å². The molecule has 0 amide bonds. The number of hydrogen-bond acceptors (Lipinski definition) is 3. The van der Waals surface area contributed by atoms with Gasteiger partial charge in [0.25, 0.3) is 0 Å². The molecule has 0 aliphatic carbocycles. The molecule has 0 aromatic carbocycles. The first-order chi connectivity index (χ1) is 4.24. The second-order valence-electron chi connectivity index (χ2n) is 2.34. The van der Waals surface area contributed by atoms with Crippen LogP contribution in [0.2, 0.25) is 0 Å². The van der Waals surface area contributed by atoms with Crippen LogP contribution in [-0.4, -0.2) is 23.8 Å². The summed E-state index contributed by atoms with van der Waals surface area (Å²) in [5.74, 6) is -0.168. The van der Waals surface area contributed by atoms with E-state index in [1.807, 2.05) is 0 Å². The van der Waals surface area contributed by atoms with E-state index < -0.39 is 0 Å². The lowest BCUT2D eigenvalue weighted by molar-refractivity contribution is -0.140. The van der Waals surface area contributed by atoms with E-state index in [-0.39, 0.29) is 24.6 Å². The maximum Gasteiger partial charge on any atom is 0.306 e. The summed E-state index contributed by atoms with van der Waals surface area (Å²) in [7, 11) is 0. The molecule has 1 rings (SSSR count). The molecular formula is C6H10O3. The monoisotopic (exact) mass is 130 g/mol. The van der Waals surface area contributed by atoms with Crippen molar-refractivity contribution in [3.05, 3.63) is 0 Å². The van der Waals surface area contributed by atoms with E-state index in [9.17, 15) is 4.79 Å². The van der Waals surface area contributed by atoms with Crippen molar-refractivity contribution in [2.75, 3.05) is 6.61 Å². The molecule has 52 valence electrons. The van der Waals surface area contributed by atoms with E-state index in [0.717, 1.165) is 0 Å². The number of aliphatic hydroxyl groups is 1. The Morgan fingerprint density at radius 3 is 2.78 bits per heavy atom. The van der Waals surface area contributed by atoms with Crippen molar-refractivity contribution < 1.29 is 14.6 Å². The van der Waals surface area contributed by atoms with Crippen LogP contribution in [0.5, 0.6) is 0 Å². The number of ether oxygens (including phenoxy) is 1. The van der Waals surface area contributed by atoms with E-state index in [1.165, 1.54) is 0 Å². The molecule has 0 aromatic rings. The highest BCUT2D eigenvalue weighted by Gasteiger charge is 2.30. The largest absolute Gasteiger partial charge is 0.462 e. The minimum atomic E-state index is -0.193. The molecule has 0 unspecified atom stereocenters. The summed E-state index contributed by atoms with van der Waals surface area (Å²) in [5, 5.41) is 8.62. The van der Waals surface area contributed by atoms with Gasteiger partial charge in [0.15, 0.2) is 0 Å². The zero-order valence-corrected chi connectivity index (χ0v) is 5.33. The molecule has 1 N–H and O–H groups in total. The maximum absolute atomic E-state index is 10.5. The molecule has 1 aliphatic rings. The lowest BCUT2D eigenvalue weighted by Crippen LogP contribution is -2.14. The van der Waals surface area contributed by atoms with E-state index in [0.29, 0.717) is 6.42 Å². The van der Waals surface area contributed by atoms with Crippen LogP contribution in [0.1, 0.15) is 13.3 Å². The van der Waals surface area contributed by atoms with Crippen LogP contribution >= 0.6 is 0 Å². The van der Waals surface area contributed by atoms with Crippen molar-refractivity contribution in [3.63, 3.8) is 0 Å². The highest BCUT2D eigenvalue weighted by atomic mass is 16.5. The molecule has 1 saturated heterocycles. The SMILES string of the molecule is C[C@H]1OC(=O)C[C@H]1CO. The first-order valence-corrected chi connectivity index (χ1v) is 3.04. The summed E-state index contributed by atoms with van der Waals surface area (Å²) in [4.78, 5) is 10.5. The molecule has 3 nitrogen and oxygen atoms in total. The summed E-state index contributed by atoms with van der Waals surface area (Å²) in [6, 6.07) is 0. The molecular weight excluding hydrogens is 120 g/mol. The summed E-state index contributed by atoms with van der Waals surface area (Å²) in [5.41, 5.74) is 0. The number of carbonyl (C=O) groups excluding carboxylic acids is 1. The predicted molar refractivity (Wildman–Crippen MR) is 30.7 cm³/mol. The Morgan fingerprint density at radius 1 is 1.89 bits per heavy atom. The summed E-state index contributed by atoms with van der Waals surface area (Å²) in [6.45, 7) is 1.85. The molecule has 0 spiro atoms. The molecule has 0 aromatic heterocycles. The third-order valence-electron chi connectivity index (χ3n) is 1.64. The summed E-state index contributed by atoms with van der Waals surface area (Å²) < 4.78 is 4.77. The fourth-order valence-corrected chi connectivity index (χ4v) is 0.945. The Bertz CT molecular complexity index is 121. The highest BCUT2D eigenvalue weighted by molar-refractivity contribution is 5.72. The van der Waals surface area contributed by atoms with Gasteiger partial charge < -0.3 is 9.84 Å². The Hall–Kier alpha value is -0.570. The normalized spacial score (nSPS) is 34.7. The van der Waals surface area contributed by atoms with Gasteiger partial charge in [-0.15, -0.1) is 0 Å². The molecule has 0 bridgehead atoms. The number of hydrogen-bond donors (Lipinski definition) is 1. The lowest BCUT2D eigenvalue weighted by Gasteiger charge is -2.07. The number of esters is 1.